The lowest BCUT2D eigenvalue weighted by Crippen LogP contribution is -2.31. The number of carbonyl (C=O) groups excluding carboxylic acids is 2. The number of nitrogens with zero attached hydrogens (tertiary/aromatic N) is 2. The smallest absolute Gasteiger partial charge is 0.382 e. The van der Waals surface area contributed by atoms with Gasteiger partial charge in [-0.2, -0.15) is 26.7 Å². The van der Waals surface area contributed by atoms with Gasteiger partial charge < -0.3 is 11.1 Å². The zero-order valence-electron chi connectivity index (χ0n) is 20.1. The minimum Gasteiger partial charge on any atom is -0.382 e. The molecule has 0 atom stereocenters. The molecule has 0 saturated heterocycles. The first-order valence-corrected chi connectivity index (χ1v) is 13.0. The monoisotopic (exact) mass is 544 g/mol. The molecule has 1 amide bonds. The first kappa shape index (κ1) is 27.1. The predicted molar refractivity (Wildman–Crippen MR) is 126 cm³/mol. The van der Waals surface area contributed by atoms with Crippen LogP contribution in [0, 0.1) is 5.41 Å². The maximum atomic E-state index is 13.8. The third kappa shape index (κ3) is 5.96. The van der Waals surface area contributed by atoms with E-state index in [-0.39, 0.29) is 41.5 Å². The lowest BCUT2D eigenvalue weighted by atomic mass is 9.75. The van der Waals surface area contributed by atoms with Crippen molar-refractivity contribution >= 4 is 27.8 Å². The van der Waals surface area contributed by atoms with Crippen molar-refractivity contribution < 1.29 is 39.9 Å². The van der Waals surface area contributed by atoms with Gasteiger partial charge in [-0.15, -0.1) is 0 Å². The Morgan fingerprint density at radius 3 is 2.43 bits per heavy atom. The molecule has 0 bridgehead atoms. The number of hydrogen-bond acceptors (Lipinski definition) is 7. The summed E-state index contributed by atoms with van der Waals surface area (Å²) in [6.07, 6.45) is -3.89. The van der Waals surface area contributed by atoms with E-state index in [0.29, 0.717) is 25.7 Å². The first-order valence-electron chi connectivity index (χ1n) is 11.6. The quantitative estimate of drug-likeness (QED) is 0.466. The van der Waals surface area contributed by atoms with Crippen LogP contribution in [-0.2, 0) is 27.2 Å². The zero-order valence-corrected chi connectivity index (χ0v) is 20.9. The largest absolute Gasteiger partial charge is 0.435 e. The van der Waals surface area contributed by atoms with Gasteiger partial charge in [-0.25, -0.2) is 8.86 Å². The number of carbonyl (C=O) groups is 2. The van der Waals surface area contributed by atoms with Crippen molar-refractivity contribution in [2.75, 3.05) is 5.32 Å². The highest BCUT2D eigenvalue weighted by atomic mass is 32.3. The highest BCUT2D eigenvalue weighted by Gasteiger charge is 2.45. The van der Waals surface area contributed by atoms with E-state index < -0.39 is 51.0 Å². The fourth-order valence-corrected chi connectivity index (χ4v) is 5.59. The number of benzene rings is 1. The van der Waals surface area contributed by atoms with Crippen LogP contribution in [-0.4, -0.2) is 46.6 Å². The van der Waals surface area contributed by atoms with Gasteiger partial charge in [0.05, 0.1) is 28.6 Å². The molecule has 0 spiro atoms. The normalized spacial score (nSPS) is 21.9. The number of fused-ring (bicyclic) bond motifs is 1. The van der Waals surface area contributed by atoms with Gasteiger partial charge in [0.25, 0.3) is 5.91 Å². The SMILES string of the molecule is CC1(C)CC(=O)c2c(C(F)(F)F)nn(-c3ccc(C(N)=O)c(N[C@H]4CC[C@H](OS(=O)(=O)O)CC4)c3)c2C1. The number of halogens is 3. The number of nitrogens with one attached hydrogen (secondary N) is 1. The van der Waals surface area contributed by atoms with Gasteiger partial charge in [0.15, 0.2) is 11.5 Å². The van der Waals surface area contributed by atoms with Crippen LogP contribution in [0.5, 0.6) is 0 Å². The molecule has 14 heteroatoms. The van der Waals surface area contributed by atoms with E-state index in [1.54, 1.807) is 13.8 Å². The molecule has 0 unspecified atom stereocenters. The Morgan fingerprint density at radius 2 is 1.86 bits per heavy atom. The van der Waals surface area contributed by atoms with E-state index in [4.69, 9.17) is 10.3 Å². The van der Waals surface area contributed by atoms with Gasteiger partial charge >= 0.3 is 16.6 Å². The average molecular weight is 545 g/mol. The Kier molecular flexibility index (Phi) is 6.88. The van der Waals surface area contributed by atoms with Crippen molar-refractivity contribution in [3.63, 3.8) is 0 Å². The van der Waals surface area contributed by atoms with Crippen LogP contribution in [0.3, 0.4) is 0 Å². The predicted octanol–water partition coefficient (Wildman–Crippen LogP) is 3.69. The van der Waals surface area contributed by atoms with Crippen molar-refractivity contribution in [2.24, 2.45) is 11.1 Å². The number of anilines is 1. The lowest BCUT2D eigenvalue weighted by Gasteiger charge is -2.30. The molecular formula is C23H27F3N4O6S. The fourth-order valence-electron chi connectivity index (χ4n) is 5.05. The van der Waals surface area contributed by atoms with E-state index >= 15 is 0 Å². The second-order valence-electron chi connectivity index (χ2n) is 10.3. The number of primary amides is 1. The van der Waals surface area contributed by atoms with Crippen LogP contribution < -0.4 is 11.1 Å². The van der Waals surface area contributed by atoms with Gasteiger partial charge in [-0.05, 0) is 55.7 Å². The van der Waals surface area contributed by atoms with Crippen molar-refractivity contribution in [2.45, 2.75) is 70.7 Å². The van der Waals surface area contributed by atoms with Crippen LogP contribution >= 0.6 is 0 Å². The standard InChI is InChI=1S/C23H27F3N4O6S/c1-22(2)10-17-19(18(31)11-22)20(23(24,25)26)29-30(17)13-5-8-15(21(27)32)16(9-13)28-12-3-6-14(7-4-12)36-37(33,34)35/h5,8-9,12,14,28H,3-4,6-7,10-11H2,1-2H3,(H2,27,32)(H,33,34,35)/t12-,14-. The molecule has 2 aromatic rings. The number of amides is 1. The molecule has 2 aliphatic carbocycles. The maximum absolute atomic E-state index is 13.8. The second-order valence-corrected chi connectivity index (χ2v) is 11.3. The van der Waals surface area contributed by atoms with Gasteiger partial charge in [0, 0.05) is 18.2 Å². The molecule has 0 aliphatic heterocycles. The molecule has 1 aromatic heterocycles. The van der Waals surface area contributed by atoms with Crippen LogP contribution in [0.15, 0.2) is 18.2 Å². The molecule has 2 aliphatic rings. The van der Waals surface area contributed by atoms with Crippen molar-refractivity contribution in [1.82, 2.24) is 9.78 Å². The third-order valence-corrected chi connectivity index (χ3v) is 7.13. The van der Waals surface area contributed by atoms with Gasteiger partial charge in [0.1, 0.15) is 0 Å². The van der Waals surface area contributed by atoms with Crippen LogP contribution in [0.4, 0.5) is 18.9 Å². The summed E-state index contributed by atoms with van der Waals surface area (Å²) < 4.78 is 77.9. The molecule has 37 heavy (non-hydrogen) atoms. The van der Waals surface area contributed by atoms with E-state index in [0.717, 1.165) is 4.68 Å². The average Bonchev–Trinajstić information content (AvgIpc) is 3.13. The summed E-state index contributed by atoms with van der Waals surface area (Å²) in [4.78, 5) is 24.8. The summed E-state index contributed by atoms with van der Waals surface area (Å²) in [5.74, 6) is -1.38. The number of alkyl halides is 3. The lowest BCUT2D eigenvalue weighted by molar-refractivity contribution is -0.141. The van der Waals surface area contributed by atoms with Crippen molar-refractivity contribution in [1.29, 1.82) is 0 Å². The second kappa shape index (κ2) is 9.40. The number of Topliss-reactive ketones (excluding diaryl/α,β-unsaturated/α-hetero) is 1. The number of hydrogen-bond donors (Lipinski definition) is 3. The minimum absolute atomic E-state index is 0.0356. The van der Waals surface area contributed by atoms with Crippen LogP contribution in [0.1, 0.15) is 78.1 Å². The molecule has 1 aromatic carbocycles. The van der Waals surface area contributed by atoms with E-state index in [1.807, 2.05) is 0 Å². The molecule has 4 N–H and O–H groups in total. The topological polar surface area (TPSA) is 154 Å². The summed E-state index contributed by atoms with van der Waals surface area (Å²) in [5, 5.41) is 6.95. The molecule has 4 rings (SSSR count). The number of ketones is 1. The number of nitrogens with two attached hydrogens (primary N) is 1. The van der Waals surface area contributed by atoms with E-state index in [9.17, 15) is 31.2 Å². The molecule has 10 nitrogen and oxygen atoms in total. The summed E-state index contributed by atoms with van der Waals surface area (Å²) in [5.41, 5.74) is 4.01. The number of aromatic nitrogens is 2. The summed E-state index contributed by atoms with van der Waals surface area (Å²) in [6.45, 7) is 3.59. The highest BCUT2D eigenvalue weighted by Crippen LogP contribution is 2.42. The molecule has 0 radical (unpaired) electrons. The molecule has 1 fully saturated rings. The summed E-state index contributed by atoms with van der Waals surface area (Å²) >= 11 is 0. The van der Waals surface area contributed by atoms with E-state index in [2.05, 4.69) is 14.6 Å². The Hall–Kier alpha value is -2.97. The highest BCUT2D eigenvalue weighted by molar-refractivity contribution is 7.80. The van der Waals surface area contributed by atoms with Gasteiger partial charge in [0.2, 0.25) is 0 Å². The van der Waals surface area contributed by atoms with Gasteiger partial charge in [-0.1, -0.05) is 13.8 Å². The molecule has 202 valence electrons. The molecular weight excluding hydrogens is 517 g/mol. The Labute approximate surface area is 211 Å². The van der Waals surface area contributed by atoms with Gasteiger partial charge in [-0.3, -0.25) is 14.1 Å². The fraction of sp³-hybridized carbons (Fsp3) is 0.522. The summed E-state index contributed by atoms with van der Waals surface area (Å²) in [6, 6.07) is 4.03. The zero-order chi connectivity index (χ0) is 27.3. The van der Waals surface area contributed by atoms with Crippen molar-refractivity contribution in [3.05, 3.63) is 40.7 Å². The van der Waals surface area contributed by atoms with E-state index in [1.165, 1.54) is 18.2 Å². The summed E-state index contributed by atoms with van der Waals surface area (Å²) in [7, 11) is -4.58. The minimum atomic E-state index is -4.83. The Bertz CT molecular complexity index is 1340. The maximum Gasteiger partial charge on any atom is 0.435 e. The number of rotatable bonds is 6. The Balaban J connectivity index is 1.69. The molecule has 1 heterocycles. The van der Waals surface area contributed by atoms with Crippen LogP contribution in [0.25, 0.3) is 5.69 Å². The third-order valence-electron chi connectivity index (χ3n) is 6.62. The van der Waals surface area contributed by atoms with Crippen LogP contribution in [0.2, 0.25) is 0 Å². The first-order chi connectivity index (χ1) is 17.0. The van der Waals surface area contributed by atoms with Crippen molar-refractivity contribution in [3.8, 4) is 5.69 Å². The molecule has 1 saturated carbocycles. The Morgan fingerprint density at radius 1 is 1.22 bits per heavy atom.